The number of carbonyl (C=O) groups excluding carboxylic acids is 1. The fraction of sp³-hybridized carbons (Fsp3) is 0.182. The molecule has 0 aliphatic rings. The van der Waals surface area contributed by atoms with Crippen LogP contribution in [0.25, 0.3) is 6.08 Å². The van der Waals surface area contributed by atoms with E-state index in [-0.39, 0.29) is 5.91 Å². The molecule has 0 radical (unpaired) electrons. The summed E-state index contributed by atoms with van der Waals surface area (Å²) in [6.07, 6.45) is 8.53. The molecule has 0 atom stereocenters. The van der Waals surface area contributed by atoms with Crippen molar-refractivity contribution in [1.29, 1.82) is 0 Å². The number of amides is 1. The fourth-order valence-corrected chi connectivity index (χ4v) is 2.60. The number of ether oxygens (including phenoxy) is 3. The van der Waals surface area contributed by atoms with Crippen LogP contribution in [0.5, 0.6) is 17.2 Å². The topological polar surface area (TPSA) is 74.6 Å². The van der Waals surface area contributed by atoms with Gasteiger partial charge in [0, 0.05) is 30.2 Å². The average Bonchev–Trinajstić information content (AvgIpc) is 3.27. The summed E-state index contributed by atoms with van der Waals surface area (Å²) in [5, 5.41) is 2.82. The van der Waals surface area contributed by atoms with Gasteiger partial charge in [0.1, 0.15) is 23.9 Å². The van der Waals surface area contributed by atoms with Gasteiger partial charge in [-0.1, -0.05) is 0 Å². The van der Waals surface area contributed by atoms with Crippen LogP contribution in [0.3, 0.4) is 0 Å². The second-order valence-electron chi connectivity index (χ2n) is 6.14. The van der Waals surface area contributed by atoms with Crippen LogP contribution in [0.15, 0.2) is 67.3 Å². The Morgan fingerprint density at radius 3 is 2.41 bits per heavy atom. The molecular weight excluding hydrogens is 370 g/mol. The van der Waals surface area contributed by atoms with Gasteiger partial charge in [-0.15, -0.1) is 0 Å². The standard InChI is InChI=1S/C22H23N3O4/c1-27-20-13-17(14-21(15-20)28-2)3-8-22(26)24-18-4-6-19(7-5-18)29-12-11-25-10-9-23-16-25/h3-10,13-16H,11-12H2,1-2H3,(H,24,26)/b8-3+. The van der Waals surface area contributed by atoms with Crippen molar-refractivity contribution in [1.82, 2.24) is 9.55 Å². The minimum Gasteiger partial charge on any atom is -0.497 e. The molecule has 0 bridgehead atoms. The molecule has 2 aromatic carbocycles. The Hall–Kier alpha value is -3.74. The summed E-state index contributed by atoms with van der Waals surface area (Å²) in [4.78, 5) is 16.2. The molecule has 1 amide bonds. The van der Waals surface area contributed by atoms with Crippen molar-refractivity contribution in [2.75, 3.05) is 26.1 Å². The lowest BCUT2D eigenvalue weighted by Gasteiger charge is -2.08. The summed E-state index contributed by atoms with van der Waals surface area (Å²) in [5.74, 6) is 1.82. The van der Waals surface area contributed by atoms with E-state index in [1.807, 2.05) is 35.0 Å². The summed E-state index contributed by atoms with van der Waals surface area (Å²) in [7, 11) is 3.17. The Balaban J connectivity index is 1.51. The quantitative estimate of drug-likeness (QED) is 0.562. The Bertz CT molecular complexity index is 928. The van der Waals surface area contributed by atoms with E-state index in [0.29, 0.717) is 23.8 Å². The number of methoxy groups -OCH3 is 2. The van der Waals surface area contributed by atoms with E-state index < -0.39 is 0 Å². The fourth-order valence-electron chi connectivity index (χ4n) is 2.60. The van der Waals surface area contributed by atoms with Gasteiger partial charge < -0.3 is 24.1 Å². The number of benzene rings is 2. The first-order chi connectivity index (χ1) is 14.2. The number of aromatic nitrogens is 2. The zero-order chi connectivity index (χ0) is 20.5. The molecule has 3 aromatic rings. The van der Waals surface area contributed by atoms with Gasteiger partial charge in [0.25, 0.3) is 0 Å². The summed E-state index contributed by atoms with van der Waals surface area (Å²) in [6.45, 7) is 1.26. The highest BCUT2D eigenvalue weighted by molar-refractivity contribution is 6.02. The third-order valence-corrected chi connectivity index (χ3v) is 4.10. The second kappa shape index (κ2) is 9.98. The molecular formula is C22H23N3O4. The molecule has 150 valence electrons. The number of rotatable bonds is 9. The van der Waals surface area contributed by atoms with Crippen molar-refractivity contribution in [3.63, 3.8) is 0 Å². The Kier molecular flexibility index (Phi) is 6.89. The first kappa shape index (κ1) is 20.0. The molecule has 1 N–H and O–H groups in total. The zero-order valence-corrected chi connectivity index (χ0v) is 16.4. The van der Waals surface area contributed by atoms with Gasteiger partial charge in [-0.2, -0.15) is 0 Å². The largest absolute Gasteiger partial charge is 0.497 e. The number of imidazole rings is 1. The van der Waals surface area contributed by atoms with Gasteiger partial charge in [-0.3, -0.25) is 4.79 Å². The van der Waals surface area contributed by atoms with Gasteiger partial charge in [0.15, 0.2) is 0 Å². The van der Waals surface area contributed by atoms with Crippen molar-refractivity contribution in [2.24, 2.45) is 0 Å². The predicted molar refractivity (Wildman–Crippen MR) is 111 cm³/mol. The molecule has 0 fully saturated rings. The van der Waals surface area contributed by atoms with Crippen molar-refractivity contribution in [3.8, 4) is 17.2 Å². The molecule has 29 heavy (non-hydrogen) atoms. The first-order valence-corrected chi connectivity index (χ1v) is 9.07. The lowest BCUT2D eigenvalue weighted by atomic mass is 10.2. The first-order valence-electron chi connectivity index (χ1n) is 9.07. The van der Waals surface area contributed by atoms with E-state index in [4.69, 9.17) is 14.2 Å². The van der Waals surface area contributed by atoms with Crippen molar-refractivity contribution in [2.45, 2.75) is 6.54 Å². The number of anilines is 1. The van der Waals surface area contributed by atoms with Crippen LogP contribution < -0.4 is 19.5 Å². The lowest BCUT2D eigenvalue weighted by Crippen LogP contribution is -2.08. The van der Waals surface area contributed by atoms with Gasteiger partial charge >= 0.3 is 0 Å². The predicted octanol–water partition coefficient (Wildman–Crippen LogP) is 3.63. The molecule has 0 saturated heterocycles. The highest BCUT2D eigenvalue weighted by atomic mass is 16.5. The third kappa shape index (κ3) is 6.14. The highest BCUT2D eigenvalue weighted by Crippen LogP contribution is 2.23. The number of hydrogen-bond acceptors (Lipinski definition) is 5. The second-order valence-corrected chi connectivity index (χ2v) is 6.14. The van der Waals surface area contributed by atoms with Gasteiger partial charge in [-0.05, 0) is 48.0 Å². The Morgan fingerprint density at radius 1 is 1.07 bits per heavy atom. The van der Waals surface area contributed by atoms with Crippen LogP contribution in [0.2, 0.25) is 0 Å². The monoisotopic (exact) mass is 393 g/mol. The molecule has 1 aromatic heterocycles. The number of nitrogens with zero attached hydrogens (tertiary/aromatic N) is 2. The SMILES string of the molecule is COc1cc(/C=C/C(=O)Nc2ccc(OCCn3ccnc3)cc2)cc(OC)c1. The van der Waals surface area contributed by atoms with E-state index in [1.165, 1.54) is 6.08 Å². The van der Waals surface area contributed by atoms with E-state index >= 15 is 0 Å². The molecule has 0 saturated carbocycles. The molecule has 3 rings (SSSR count). The Morgan fingerprint density at radius 2 is 1.79 bits per heavy atom. The summed E-state index contributed by atoms with van der Waals surface area (Å²) >= 11 is 0. The Labute approximate surface area is 169 Å². The number of nitrogens with one attached hydrogen (secondary N) is 1. The van der Waals surface area contributed by atoms with Crippen LogP contribution >= 0.6 is 0 Å². The van der Waals surface area contributed by atoms with E-state index in [9.17, 15) is 4.79 Å². The van der Waals surface area contributed by atoms with Crippen LogP contribution in [0.4, 0.5) is 5.69 Å². The molecule has 1 heterocycles. The maximum Gasteiger partial charge on any atom is 0.248 e. The molecule has 0 aliphatic carbocycles. The zero-order valence-electron chi connectivity index (χ0n) is 16.4. The minimum atomic E-state index is -0.236. The highest BCUT2D eigenvalue weighted by Gasteiger charge is 2.02. The third-order valence-electron chi connectivity index (χ3n) is 4.10. The molecule has 7 heteroatoms. The van der Waals surface area contributed by atoms with Crippen LogP contribution in [0.1, 0.15) is 5.56 Å². The number of carbonyl (C=O) groups is 1. The van der Waals surface area contributed by atoms with Gasteiger partial charge in [0.05, 0.1) is 27.1 Å². The maximum absolute atomic E-state index is 12.2. The minimum absolute atomic E-state index is 0.236. The van der Waals surface area contributed by atoms with Crippen molar-refractivity contribution < 1.29 is 19.0 Å². The number of hydrogen-bond donors (Lipinski definition) is 1. The maximum atomic E-state index is 12.2. The van der Waals surface area contributed by atoms with Crippen LogP contribution in [0, 0.1) is 0 Å². The van der Waals surface area contributed by atoms with Crippen LogP contribution in [-0.2, 0) is 11.3 Å². The van der Waals surface area contributed by atoms with Crippen LogP contribution in [-0.4, -0.2) is 36.3 Å². The van der Waals surface area contributed by atoms with Crippen molar-refractivity contribution in [3.05, 3.63) is 72.8 Å². The summed E-state index contributed by atoms with van der Waals surface area (Å²) in [6, 6.07) is 12.7. The summed E-state index contributed by atoms with van der Waals surface area (Å²) < 4.78 is 18.1. The van der Waals surface area contributed by atoms with E-state index in [0.717, 1.165) is 17.9 Å². The molecule has 7 nitrogen and oxygen atoms in total. The normalized spacial score (nSPS) is 10.7. The average molecular weight is 393 g/mol. The van der Waals surface area contributed by atoms with Crippen molar-refractivity contribution >= 4 is 17.7 Å². The molecule has 0 unspecified atom stereocenters. The molecule has 0 spiro atoms. The van der Waals surface area contributed by atoms with Gasteiger partial charge in [0.2, 0.25) is 5.91 Å². The van der Waals surface area contributed by atoms with E-state index in [1.54, 1.807) is 51.0 Å². The smallest absolute Gasteiger partial charge is 0.248 e. The lowest BCUT2D eigenvalue weighted by molar-refractivity contribution is -0.111. The molecule has 0 aliphatic heterocycles. The van der Waals surface area contributed by atoms with Gasteiger partial charge in [-0.25, -0.2) is 4.98 Å². The summed E-state index contributed by atoms with van der Waals surface area (Å²) in [5.41, 5.74) is 1.49. The van der Waals surface area contributed by atoms with E-state index in [2.05, 4.69) is 10.3 Å².